The molecule has 29 heavy (non-hydrogen) atoms. The maximum absolute atomic E-state index is 13.1. The second-order valence-corrected chi connectivity index (χ2v) is 8.14. The first-order chi connectivity index (χ1) is 14.0. The molecule has 0 bridgehead atoms. The van der Waals surface area contributed by atoms with Crippen LogP contribution in [0.2, 0.25) is 0 Å². The molecule has 3 aromatic rings. The standard InChI is InChI=1S/C22H23FN4OS/c1-15-5-3-4-6-19(15)21(28)27-12-11-26(14-16(27)2)22-24-20(25-29-22)13-17-7-9-18(23)10-8-17/h3-10,16H,11-14H2,1-2H3/t16-/m1/s1. The molecule has 2 aromatic carbocycles. The van der Waals surface area contributed by atoms with Crippen LogP contribution in [0.15, 0.2) is 48.5 Å². The van der Waals surface area contributed by atoms with Gasteiger partial charge in [-0.2, -0.15) is 4.37 Å². The first kappa shape index (κ1) is 19.5. The van der Waals surface area contributed by atoms with E-state index in [-0.39, 0.29) is 17.8 Å². The highest BCUT2D eigenvalue weighted by atomic mass is 32.1. The van der Waals surface area contributed by atoms with Gasteiger partial charge >= 0.3 is 0 Å². The fraction of sp³-hybridized carbons (Fsp3) is 0.318. The van der Waals surface area contributed by atoms with Crippen LogP contribution in [-0.2, 0) is 6.42 Å². The van der Waals surface area contributed by atoms with Crippen LogP contribution in [0.5, 0.6) is 0 Å². The van der Waals surface area contributed by atoms with Crippen molar-refractivity contribution in [3.63, 3.8) is 0 Å². The van der Waals surface area contributed by atoms with Gasteiger partial charge in [0.1, 0.15) is 11.6 Å². The smallest absolute Gasteiger partial charge is 0.254 e. The average molecular weight is 411 g/mol. The van der Waals surface area contributed by atoms with Gasteiger partial charge < -0.3 is 9.80 Å². The number of piperazine rings is 1. The number of amides is 1. The van der Waals surface area contributed by atoms with E-state index < -0.39 is 0 Å². The molecule has 1 saturated heterocycles. The molecular weight excluding hydrogens is 387 g/mol. The Kier molecular flexibility index (Phi) is 5.58. The molecule has 0 radical (unpaired) electrons. The Labute approximate surface area is 174 Å². The molecule has 1 aliphatic rings. The number of aryl methyl sites for hydroxylation is 1. The largest absolute Gasteiger partial charge is 0.343 e. The Hall–Kier alpha value is -2.80. The Balaban J connectivity index is 1.41. The van der Waals surface area contributed by atoms with Crippen molar-refractivity contribution in [2.75, 3.05) is 24.5 Å². The molecule has 0 spiro atoms. The molecule has 0 saturated carbocycles. The lowest BCUT2D eigenvalue weighted by molar-refractivity contribution is 0.0673. The van der Waals surface area contributed by atoms with Crippen molar-refractivity contribution in [3.8, 4) is 0 Å². The van der Waals surface area contributed by atoms with Gasteiger partial charge in [-0.05, 0) is 43.2 Å². The van der Waals surface area contributed by atoms with E-state index in [0.29, 0.717) is 13.0 Å². The van der Waals surface area contributed by atoms with Crippen LogP contribution >= 0.6 is 11.5 Å². The van der Waals surface area contributed by atoms with Crippen LogP contribution < -0.4 is 4.90 Å². The first-order valence-corrected chi connectivity index (χ1v) is 10.5. The normalized spacial score (nSPS) is 16.9. The monoisotopic (exact) mass is 410 g/mol. The van der Waals surface area contributed by atoms with Gasteiger partial charge in [0.05, 0.1) is 0 Å². The summed E-state index contributed by atoms with van der Waals surface area (Å²) in [5.41, 5.74) is 2.75. The minimum absolute atomic E-state index is 0.0836. The zero-order chi connectivity index (χ0) is 20.4. The Morgan fingerprint density at radius 1 is 1.17 bits per heavy atom. The summed E-state index contributed by atoms with van der Waals surface area (Å²) in [4.78, 5) is 21.8. The predicted molar refractivity (Wildman–Crippen MR) is 113 cm³/mol. The van der Waals surface area contributed by atoms with Crippen molar-refractivity contribution >= 4 is 22.6 Å². The predicted octanol–water partition coefficient (Wildman–Crippen LogP) is 3.93. The molecule has 7 heteroatoms. The summed E-state index contributed by atoms with van der Waals surface area (Å²) in [5, 5.41) is 0.872. The van der Waals surface area contributed by atoms with E-state index in [0.717, 1.165) is 40.7 Å². The molecule has 1 aromatic heterocycles. The van der Waals surface area contributed by atoms with E-state index in [1.165, 1.54) is 23.7 Å². The van der Waals surface area contributed by atoms with Gasteiger partial charge in [0.25, 0.3) is 5.91 Å². The van der Waals surface area contributed by atoms with E-state index in [1.807, 2.05) is 36.1 Å². The van der Waals surface area contributed by atoms with Gasteiger partial charge in [-0.15, -0.1) is 0 Å². The quantitative estimate of drug-likeness (QED) is 0.654. The molecule has 1 amide bonds. The fourth-order valence-corrected chi connectivity index (χ4v) is 4.35. The number of hydrogen-bond donors (Lipinski definition) is 0. The summed E-state index contributed by atoms with van der Waals surface area (Å²) in [5.74, 6) is 0.583. The summed E-state index contributed by atoms with van der Waals surface area (Å²) in [6.45, 7) is 6.15. The topological polar surface area (TPSA) is 49.3 Å². The third-order valence-corrected chi connectivity index (χ3v) is 6.08. The van der Waals surface area contributed by atoms with Gasteiger partial charge in [0.2, 0.25) is 5.13 Å². The van der Waals surface area contributed by atoms with Gasteiger partial charge in [0.15, 0.2) is 0 Å². The first-order valence-electron chi connectivity index (χ1n) is 9.70. The van der Waals surface area contributed by atoms with Crippen molar-refractivity contribution in [2.45, 2.75) is 26.3 Å². The lowest BCUT2D eigenvalue weighted by atomic mass is 10.1. The van der Waals surface area contributed by atoms with Crippen LogP contribution in [-0.4, -0.2) is 45.8 Å². The summed E-state index contributed by atoms with van der Waals surface area (Å²) in [7, 11) is 0. The Bertz CT molecular complexity index is 1000. The second-order valence-electron chi connectivity index (χ2n) is 7.40. The third kappa shape index (κ3) is 4.29. The van der Waals surface area contributed by atoms with Gasteiger partial charge in [0, 0.05) is 49.2 Å². The van der Waals surface area contributed by atoms with Crippen LogP contribution in [0.3, 0.4) is 0 Å². The maximum Gasteiger partial charge on any atom is 0.254 e. The summed E-state index contributed by atoms with van der Waals surface area (Å²) >= 11 is 1.38. The number of rotatable bonds is 4. The molecule has 0 aliphatic carbocycles. The van der Waals surface area contributed by atoms with Crippen molar-refractivity contribution in [1.82, 2.24) is 14.3 Å². The molecule has 1 atom stereocenters. The average Bonchev–Trinajstić information content (AvgIpc) is 3.18. The minimum atomic E-state index is -0.243. The molecule has 0 unspecified atom stereocenters. The third-order valence-electron chi connectivity index (χ3n) is 5.27. The number of hydrogen-bond acceptors (Lipinski definition) is 5. The summed E-state index contributed by atoms with van der Waals surface area (Å²) in [6, 6.07) is 14.2. The fourth-order valence-electron chi connectivity index (χ4n) is 3.63. The van der Waals surface area contributed by atoms with Gasteiger partial charge in [-0.25, -0.2) is 9.37 Å². The molecule has 0 N–H and O–H groups in total. The van der Waals surface area contributed by atoms with Crippen molar-refractivity contribution in [3.05, 3.63) is 76.9 Å². The minimum Gasteiger partial charge on any atom is -0.343 e. The second kappa shape index (κ2) is 8.29. The number of halogens is 1. The van der Waals surface area contributed by atoms with E-state index in [2.05, 4.69) is 21.2 Å². The summed E-state index contributed by atoms with van der Waals surface area (Å²) < 4.78 is 17.5. The van der Waals surface area contributed by atoms with E-state index in [9.17, 15) is 9.18 Å². The molecule has 1 fully saturated rings. The number of carbonyl (C=O) groups is 1. The molecule has 5 nitrogen and oxygen atoms in total. The molecule has 2 heterocycles. The van der Waals surface area contributed by atoms with Crippen molar-refractivity contribution < 1.29 is 9.18 Å². The van der Waals surface area contributed by atoms with E-state index in [4.69, 9.17) is 0 Å². The molecular formula is C22H23FN4OS. The Morgan fingerprint density at radius 3 is 2.66 bits per heavy atom. The van der Waals surface area contributed by atoms with Crippen LogP contribution in [0, 0.1) is 12.7 Å². The van der Waals surface area contributed by atoms with Gasteiger partial charge in [-0.3, -0.25) is 4.79 Å². The zero-order valence-electron chi connectivity index (χ0n) is 16.5. The number of carbonyl (C=O) groups excluding carboxylic acids is 1. The lowest BCUT2D eigenvalue weighted by Crippen LogP contribution is -2.54. The highest BCUT2D eigenvalue weighted by Gasteiger charge is 2.30. The van der Waals surface area contributed by atoms with E-state index in [1.54, 1.807) is 12.1 Å². The van der Waals surface area contributed by atoms with Crippen molar-refractivity contribution in [2.24, 2.45) is 0 Å². The van der Waals surface area contributed by atoms with E-state index >= 15 is 0 Å². The zero-order valence-corrected chi connectivity index (χ0v) is 17.3. The number of benzene rings is 2. The lowest BCUT2D eigenvalue weighted by Gasteiger charge is -2.39. The number of nitrogens with zero attached hydrogens (tertiary/aromatic N) is 4. The Morgan fingerprint density at radius 2 is 1.93 bits per heavy atom. The molecule has 1 aliphatic heterocycles. The van der Waals surface area contributed by atoms with Crippen LogP contribution in [0.25, 0.3) is 0 Å². The van der Waals surface area contributed by atoms with Crippen LogP contribution in [0.1, 0.15) is 34.2 Å². The van der Waals surface area contributed by atoms with Crippen molar-refractivity contribution in [1.29, 1.82) is 0 Å². The highest BCUT2D eigenvalue weighted by Crippen LogP contribution is 2.24. The number of anilines is 1. The van der Waals surface area contributed by atoms with Crippen LogP contribution in [0.4, 0.5) is 9.52 Å². The number of aromatic nitrogens is 2. The summed E-state index contributed by atoms with van der Waals surface area (Å²) in [6.07, 6.45) is 0.581. The maximum atomic E-state index is 13.1. The molecule has 150 valence electrons. The SMILES string of the molecule is Cc1ccccc1C(=O)N1CCN(c2nc(Cc3ccc(F)cc3)ns2)C[C@H]1C. The van der Waals surface area contributed by atoms with Gasteiger partial charge in [-0.1, -0.05) is 30.3 Å². The highest BCUT2D eigenvalue weighted by molar-refractivity contribution is 7.09. The molecule has 4 rings (SSSR count).